The standard InChI is InChI=1S/C12H15ClN2/c1-12(2,3)8-5-6-9-10(7-8)15(4)14-11(9)13/h5-7H,1-4H3. The van der Waals surface area contributed by atoms with E-state index >= 15 is 0 Å². The van der Waals surface area contributed by atoms with E-state index in [2.05, 4.69) is 38.0 Å². The molecule has 0 aliphatic heterocycles. The van der Waals surface area contributed by atoms with Crippen LogP contribution in [-0.4, -0.2) is 9.78 Å². The Kier molecular flexibility index (Phi) is 2.27. The van der Waals surface area contributed by atoms with Gasteiger partial charge in [0, 0.05) is 12.4 Å². The average Bonchev–Trinajstić information content (AvgIpc) is 2.41. The lowest BCUT2D eigenvalue weighted by atomic mass is 9.87. The van der Waals surface area contributed by atoms with Gasteiger partial charge in [-0.2, -0.15) is 5.10 Å². The Morgan fingerprint density at radius 2 is 1.93 bits per heavy atom. The summed E-state index contributed by atoms with van der Waals surface area (Å²) in [5.74, 6) is 0. The van der Waals surface area contributed by atoms with Gasteiger partial charge in [-0.15, -0.1) is 0 Å². The molecule has 3 heteroatoms. The quantitative estimate of drug-likeness (QED) is 0.667. The van der Waals surface area contributed by atoms with E-state index in [1.165, 1.54) is 5.56 Å². The van der Waals surface area contributed by atoms with Gasteiger partial charge in [0.25, 0.3) is 0 Å². The van der Waals surface area contributed by atoms with Gasteiger partial charge in [-0.05, 0) is 23.1 Å². The summed E-state index contributed by atoms with van der Waals surface area (Å²) in [7, 11) is 1.92. The zero-order valence-corrected chi connectivity index (χ0v) is 10.3. The molecular formula is C12H15ClN2. The van der Waals surface area contributed by atoms with Crippen LogP contribution in [0.2, 0.25) is 5.15 Å². The fraction of sp³-hybridized carbons (Fsp3) is 0.417. The summed E-state index contributed by atoms with van der Waals surface area (Å²) in [5, 5.41) is 5.79. The summed E-state index contributed by atoms with van der Waals surface area (Å²) in [4.78, 5) is 0. The SMILES string of the molecule is Cn1nc(Cl)c2ccc(C(C)(C)C)cc21. The Balaban J connectivity index is 2.71. The Labute approximate surface area is 94.8 Å². The zero-order valence-electron chi connectivity index (χ0n) is 9.50. The lowest BCUT2D eigenvalue weighted by Gasteiger charge is -2.18. The Bertz CT molecular complexity index is 506. The molecule has 1 heterocycles. The predicted octanol–water partition coefficient (Wildman–Crippen LogP) is 3.52. The molecule has 0 unspecified atom stereocenters. The van der Waals surface area contributed by atoms with Crippen LogP contribution < -0.4 is 0 Å². The summed E-state index contributed by atoms with van der Waals surface area (Å²) >= 11 is 6.01. The van der Waals surface area contributed by atoms with Crippen LogP contribution in [0.25, 0.3) is 10.9 Å². The van der Waals surface area contributed by atoms with Gasteiger partial charge >= 0.3 is 0 Å². The minimum atomic E-state index is 0.158. The summed E-state index contributed by atoms with van der Waals surface area (Å²) in [6.07, 6.45) is 0. The van der Waals surface area contributed by atoms with Crippen molar-refractivity contribution in [2.45, 2.75) is 26.2 Å². The number of aryl methyl sites for hydroxylation is 1. The highest BCUT2D eigenvalue weighted by Crippen LogP contribution is 2.28. The number of nitrogens with zero attached hydrogens (tertiary/aromatic N) is 2. The minimum absolute atomic E-state index is 0.158. The van der Waals surface area contributed by atoms with Crippen LogP contribution in [0.3, 0.4) is 0 Å². The first-order valence-electron chi connectivity index (χ1n) is 5.02. The minimum Gasteiger partial charge on any atom is -0.266 e. The molecule has 0 aliphatic carbocycles. The maximum absolute atomic E-state index is 6.01. The predicted molar refractivity (Wildman–Crippen MR) is 64.4 cm³/mol. The first kappa shape index (κ1) is 10.5. The number of hydrogen-bond acceptors (Lipinski definition) is 1. The topological polar surface area (TPSA) is 17.8 Å². The fourth-order valence-electron chi connectivity index (χ4n) is 1.68. The van der Waals surface area contributed by atoms with E-state index in [0.717, 1.165) is 10.9 Å². The maximum Gasteiger partial charge on any atom is 0.158 e. The maximum atomic E-state index is 6.01. The zero-order chi connectivity index (χ0) is 11.2. The first-order valence-corrected chi connectivity index (χ1v) is 5.40. The van der Waals surface area contributed by atoms with Crippen molar-refractivity contribution >= 4 is 22.5 Å². The van der Waals surface area contributed by atoms with Gasteiger partial charge in [0.1, 0.15) is 0 Å². The van der Waals surface area contributed by atoms with Crippen molar-refractivity contribution in [3.63, 3.8) is 0 Å². The second kappa shape index (κ2) is 3.24. The molecule has 0 amide bonds. The molecule has 0 fully saturated rings. The Morgan fingerprint density at radius 3 is 2.53 bits per heavy atom. The summed E-state index contributed by atoms with van der Waals surface area (Å²) in [6, 6.07) is 6.33. The third-order valence-corrected chi connectivity index (χ3v) is 2.95. The van der Waals surface area contributed by atoms with E-state index in [4.69, 9.17) is 11.6 Å². The largest absolute Gasteiger partial charge is 0.266 e. The second-order valence-electron chi connectivity index (χ2n) is 4.90. The van der Waals surface area contributed by atoms with E-state index in [1.54, 1.807) is 0 Å². The summed E-state index contributed by atoms with van der Waals surface area (Å²) in [6.45, 7) is 6.60. The number of fused-ring (bicyclic) bond motifs is 1. The molecule has 0 spiro atoms. The smallest absolute Gasteiger partial charge is 0.158 e. The molecule has 0 N–H and O–H groups in total. The monoisotopic (exact) mass is 222 g/mol. The molecule has 2 aromatic rings. The van der Waals surface area contributed by atoms with E-state index < -0.39 is 0 Å². The lowest BCUT2D eigenvalue weighted by molar-refractivity contribution is 0.590. The highest BCUT2D eigenvalue weighted by molar-refractivity contribution is 6.34. The van der Waals surface area contributed by atoms with Gasteiger partial charge in [0.15, 0.2) is 5.15 Å². The molecule has 0 radical (unpaired) electrons. The first-order chi connectivity index (χ1) is 6.89. The summed E-state index contributed by atoms with van der Waals surface area (Å²) < 4.78 is 1.83. The van der Waals surface area contributed by atoms with Crippen LogP contribution >= 0.6 is 11.6 Å². The third-order valence-electron chi connectivity index (χ3n) is 2.67. The van der Waals surface area contributed by atoms with Crippen LogP contribution in [0.4, 0.5) is 0 Å². The molecule has 80 valence electrons. The molecule has 0 saturated carbocycles. The van der Waals surface area contributed by atoms with Gasteiger partial charge < -0.3 is 0 Å². The van der Waals surface area contributed by atoms with Crippen LogP contribution in [0.5, 0.6) is 0 Å². The van der Waals surface area contributed by atoms with Gasteiger partial charge in [-0.3, -0.25) is 4.68 Å². The van der Waals surface area contributed by atoms with Crippen molar-refractivity contribution in [2.24, 2.45) is 7.05 Å². The van der Waals surface area contributed by atoms with Gasteiger partial charge in [0.05, 0.1) is 5.52 Å². The highest BCUT2D eigenvalue weighted by Gasteiger charge is 2.15. The molecular weight excluding hydrogens is 208 g/mol. The second-order valence-corrected chi connectivity index (χ2v) is 5.25. The number of rotatable bonds is 0. The van der Waals surface area contributed by atoms with Gasteiger partial charge in [-0.1, -0.05) is 38.4 Å². The molecule has 0 bridgehead atoms. The van der Waals surface area contributed by atoms with Crippen molar-refractivity contribution in [3.05, 3.63) is 28.9 Å². The lowest BCUT2D eigenvalue weighted by Crippen LogP contribution is -2.10. The number of hydrogen-bond donors (Lipinski definition) is 0. The summed E-state index contributed by atoms with van der Waals surface area (Å²) in [5.41, 5.74) is 2.55. The number of benzene rings is 1. The van der Waals surface area contributed by atoms with Crippen molar-refractivity contribution in [3.8, 4) is 0 Å². The average molecular weight is 223 g/mol. The molecule has 15 heavy (non-hydrogen) atoms. The van der Waals surface area contributed by atoms with Crippen molar-refractivity contribution < 1.29 is 0 Å². The van der Waals surface area contributed by atoms with E-state index in [9.17, 15) is 0 Å². The molecule has 1 aromatic heterocycles. The molecule has 0 saturated heterocycles. The molecule has 0 aliphatic rings. The normalized spacial score (nSPS) is 12.3. The van der Waals surface area contributed by atoms with Crippen molar-refractivity contribution in [1.29, 1.82) is 0 Å². The molecule has 1 aromatic carbocycles. The number of aromatic nitrogens is 2. The van der Waals surface area contributed by atoms with Gasteiger partial charge in [0.2, 0.25) is 0 Å². The van der Waals surface area contributed by atoms with Crippen LogP contribution in [0.1, 0.15) is 26.3 Å². The van der Waals surface area contributed by atoms with Crippen LogP contribution in [0.15, 0.2) is 18.2 Å². The third kappa shape index (κ3) is 1.74. The molecule has 2 rings (SSSR count). The van der Waals surface area contributed by atoms with E-state index in [0.29, 0.717) is 5.15 Å². The van der Waals surface area contributed by atoms with Crippen molar-refractivity contribution in [2.75, 3.05) is 0 Å². The van der Waals surface area contributed by atoms with Crippen LogP contribution in [0, 0.1) is 0 Å². The highest BCUT2D eigenvalue weighted by atomic mass is 35.5. The van der Waals surface area contributed by atoms with Crippen LogP contribution in [-0.2, 0) is 12.5 Å². The number of halogens is 1. The van der Waals surface area contributed by atoms with Crippen molar-refractivity contribution in [1.82, 2.24) is 9.78 Å². The van der Waals surface area contributed by atoms with E-state index in [-0.39, 0.29) is 5.41 Å². The molecule has 0 atom stereocenters. The van der Waals surface area contributed by atoms with E-state index in [1.807, 2.05) is 17.8 Å². The Hall–Kier alpha value is -1.02. The fourth-order valence-corrected chi connectivity index (χ4v) is 1.95. The van der Waals surface area contributed by atoms with Gasteiger partial charge in [-0.25, -0.2) is 0 Å². The molecule has 2 nitrogen and oxygen atoms in total. The Morgan fingerprint density at radius 1 is 1.27 bits per heavy atom.